The highest BCUT2D eigenvalue weighted by Crippen LogP contribution is 2.27. The Morgan fingerprint density at radius 2 is 2.12 bits per heavy atom. The minimum atomic E-state index is -0.543. The third kappa shape index (κ3) is 4.08. The van der Waals surface area contributed by atoms with Crippen LogP contribution in [0.5, 0.6) is 5.75 Å². The van der Waals surface area contributed by atoms with Crippen LogP contribution in [0.15, 0.2) is 34.9 Å². The number of aromatic nitrogens is 4. The number of ether oxygens (including phenoxy) is 2. The first kappa shape index (κ1) is 17.7. The van der Waals surface area contributed by atoms with Crippen LogP contribution in [0.1, 0.15) is 42.3 Å². The summed E-state index contributed by atoms with van der Waals surface area (Å²) in [6, 6.07) is 9.09. The maximum absolute atomic E-state index is 12.0. The maximum atomic E-state index is 12.0. The van der Waals surface area contributed by atoms with Crippen molar-refractivity contribution in [2.75, 3.05) is 6.61 Å². The van der Waals surface area contributed by atoms with E-state index in [-0.39, 0.29) is 18.2 Å². The van der Waals surface area contributed by atoms with Gasteiger partial charge in [0.1, 0.15) is 5.75 Å². The summed E-state index contributed by atoms with van der Waals surface area (Å²) in [5.74, 6) is 0.700. The molecule has 0 aliphatic heterocycles. The molecule has 0 radical (unpaired) electrons. The quantitative estimate of drug-likeness (QED) is 0.618. The van der Waals surface area contributed by atoms with E-state index in [0.29, 0.717) is 23.7 Å². The monoisotopic (exact) mass is 356 g/mol. The van der Waals surface area contributed by atoms with Crippen LogP contribution in [0.25, 0.3) is 11.4 Å². The van der Waals surface area contributed by atoms with E-state index in [1.54, 1.807) is 6.07 Å². The Labute approximate surface area is 150 Å². The molecular weight excluding hydrogens is 336 g/mol. The summed E-state index contributed by atoms with van der Waals surface area (Å²) in [6.45, 7) is 4.36. The van der Waals surface area contributed by atoms with Crippen molar-refractivity contribution >= 4 is 5.97 Å². The molecule has 0 fully saturated rings. The van der Waals surface area contributed by atoms with Crippen molar-refractivity contribution in [1.82, 2.24) is 20.3 Å². The molecule has 8 heteroatoms. The predicted octanol–water partition coefficient (Wildman–Crippen LogP) is 3.17. The Bertz CT molecular complexity index is 871. The van der Waals surface area contributed by atoms with Gasteiger partial charge in [0.15, 0.2) is 12.3 Å². The fourth-order valence-electron chi connectivity index (χ4n) is 2.42. The highest BCUT2D eigenvalue weighted by molar-refractivity contribution is 5.87. The van der Waals surface area contributed by atoms with Crippen molar-refractivity contribution in [2.45, 2.75) is 33.3 Å². The van der Waals surface area contributed by atoms with Crippen LogP contribution >= 0.6 is 0 Å². The van der Waals surface area contributed by atoms with Gasteiger partial charge in [0, 0.05) is 5.69 Å². The van der Waals surface area contributed by atoms with Gasteiger partial charge in [-0.15, -0.1) is 0 Å². The summed E-state index contributed by atoms with van der Waals surface area (Å²) in [5, 5.41) is 10.7. The number of para-hydroxylation sites is 1. The van der Waals surface area contributed by atoms with Crippen molar-refractivity contribution < 1.29 is 18.8 Å². The highest BCUT2D eigenvalue weighted by Gasteiger charge is 2.16. The second-order valence-electron chi connectivity index (χ2n) is 5.55. The van der Waals surface area contributed by atoms with E-state index in [1.165, 1.54) is 0 Å². The van der Waals surface area contributed by atoms with E-state index in [4.69, 9.17) is 14.0 Å². The lowest BCUT2D eigenvalue weighted by atomic mass is 10.2. The number of aryl methyl sites for hydroxylation is 1. The van der Waals surface area contributed by atoms with Crippen LogP contribution < -0.4 is 4.74 Å². The summed E-state index contributed by atoms with van der Waals surface area (Å²) in [5.41, 5.74) is 1.84. The predicted molar refractivity (Wildman–Crippen MR) is 92.6 cm³/mol. The fraction of sp³-hybridized carbons (Fsp3) is 0.333. The molecule has 2 heterocycles. The lowest BCUT2D eigenvalue weighted by Gasteiger charge is -2.05. The Hall–Kier alpha value is -3.16. The molecule has 0 saturated carbocycles. The molecule has 2 aromatic heterocycles. The fourth-order valence-corrected chi connectivity index (χ4v) is 2.42. The zero-order valence-electron chi connectivity index (χ0n) is 14.7. The minimum absolute atomic E-state index is 0.126. The average molecular weight is 356 g/mol. The van der Waals surface area contributed by atoms with E-state index in [2.05, 4.69) is 27.3 Å². The molecule has 1 N–H and O–H groups in total. The zero-order chi connectivity index (χ0) is 18.4. The molecule has 0 aliphatic carbocycles. The standard InChI is InChI=1S/C18H20N4O4/c1-3-7-12-10-14(21-20-12)18(23)25-11-16-19-17(22-26-16)13-8-5-6-9-15(13)24-4-2/h5-6,8-10H,3-4,7,11H2,1-2H3,(H,20,21). The van der Waals surface area contributed by atoms with Crippen LogP contribution in [-0.2, 0) is 17.8 Å². The van der Waals surface area contributed by atoms with Gasteiger partial charge in [-0.2, -0.15) is 10.1 Å². The number of aromatic amines is 1. The molecule has 8 nitrogen and oxygen atoms in total. The van der Waals surface area contributed by atoms with Gasteiger partial charge in [-0.25, -0.2) is 4.79 Å². The normalized spacial score (nSPS) is 10.7. The number of carbonyl (C=O) groups is 1. The molecule has 0 saturated heterocycles. The van der Waals surface area contributed by atoms with Gasteiger partial charge in [-0.1, -0.05) is 30.6 Å². The van der Waals surface area contributed by atoms with Crippen molar-refractivity contribution in [3.8, 4) is 17.1 Å². The van der Waals surface area contributed by atoms with Crippen molar-refractivity contribution in [3.05, 3.63) is 47.6 Å². The summed E-state index contributed by atoms with van der Waals surface area (Å²) < 4.78 is 15.9. The van der Waals surface area contributed by atoms with Crippen LogP contribution in [-0.4, -0.2) is 32.9 Å². The van der Waals surface area contributed by atoms with Crippen LogP contribution in [0.3, 0.4) is 0 Å². The molecule has 0 aliphatic rings. The number of rotatable bonds is 8. The van der Waals surface area contributed by atoms with Gasteiger partial charge in [0.05, 0.1) is 12.2 Å². The molecule has 0 unspecified atom stereocenters. The van der Waals surface area contributed by atoms with Crippen LogP contribution in [0.2, 0.25) is 0 Å². The summed E-state index contributed by atoms with van der Waals surface area (Å²) >= 11 is 0. The van der Waals surface area contributed by atoms with Crippen LogP contribution in [0.4, 0.5) is 0 Å². The molecule has 3 rings (SSSR count). The number of esters is 1. The smallest absolute Gasteiger partial charge is 0.359 e. The number of carbonyl (C=O) groups excluding carboxylic acids is 1. The highest BCUT2D eigenvalue weighted by atomic mass is 16.6. The SMILES string of the molecule is CCCc1cc(C(=O)OCc2nc(-c3ccccc3OCC)no2)n[nH]1. The molecule has 0 amide bonds. The van der Waals surface area contributed by atoms with Gasteiger partial charge in [0.2, 0.25) is 5.82 Å². The van der Waals surface area contributed by atoms with Gasteiger partial charge >= 0.3 is 5.97 Å². The first-order valence-corrected chi connectivity index (χ1v) is 8.47. The molecule has 0 spiro atoms. The Morgan fingerprint density at radius 3 is 2.92 bits per heavy atom. The third-order valence-electron chi connectivity index (χ3n) is 3.58. The number of H-pyrrole nitrogens is 1. The number of benzene rings is 1. The molecule has 1 aromatic carbocycles. The second-order valence-corrected chi connectivity index (χ2v) is 5.55. The zero-order valence-corrected chi connectivity index (χ0v) is 14.7. The number of hydrogen-bond acceptors (Lipinski definition) is 7. The molecule has 3 aromatic rings. The number of nitrogens with one attached hydrogen (secondary N) is 1. The molecular formula is C18H20N4O4. The van der Waals surface area contributed by atoms with E-state index in [1.807, 2.05) is 31.2 Å². The second kappa shape index (κ2) is 8.28. The molecule has 0 bridgehead atoms. The average Bonchev–Trinajstić information content (AvgIpc) is 3.30. The third-order valence-corrected chi connectivity index (χ3v) is 3.58. The van der Waals surface area contributed by atoms with Crippen molar-refractivity contribution in [3.63, 3.8) is 0 Å². The number of nitrogens with zero attached hydrogens (tertiary/aromatic N) is 3. The summed E-state index contributed by atoms with van der Waals surface area (Å²) in [6.07, 6.45) is 1.79. The topological polar surface area (TPSA) is 103 Å². The maximum Gasteiger partial charge on any atom is 0.359 e. The van der Waals surface area contributed by atoms with Crippen molar-refractivity contribution in [2.24, 2.45) is 0 Å². The Kier molecular flexibility index (Phi) is 5.62. The Morgan fingerprint density at radius 1 is 1.27 bits per heavy atom. The van der Waals surface area contributed by atoms with E-state index < -0.39 is 5.97 Å². The minimum Gasteiger partial charge on any atom is -0.493 e. The lowest BCUT2D eigenvalue weighted by Crippen LogP contribution is -2.06. The number of hydrogen-bond donors (Lipinski definition) is 1. The first-order valence-electron chi connectivity index (χ1n) is 8.47. The van der Waals surface area contributed by atoms with E-state index in [0.717, 1.165) is 18.5 Å². The van der Waals surface area contributed by atoms with Gasteiger partial charge in [0.25, 0.3) is 5.89 Å². The molecule has 0 atom stereocenters. The van der Waals surface area contributed by atoms with Crippen molar-refractivity contribution in [1.29, 1.82) is 0 Å². The van der Waals surface area contributed by atoms with Gasteiger partial charge < -0.3 is 14.0 Å². The van der Waals surface area contributed by atoms with Gasteiger partial charge in [-0.3, -0.25) is 5.10 Å². The first-order chi connectivity index (χ1) is 12.7. The lowest BCUT2D eigenvalue weighted by molar-refractivity contribution is 0.0423. The summed E-state index contributed by atoms with van der Waals surface area (Å²) in [7, 11) is 0. The van der Waals surface area contributed by atoms with Crippen LogP contribution in [0, 0.1) is 0 Å². The summed E-state index contributed by atoms with van der Waals surface area (Å²) in [4.78, 5) is 16.3. The molecule has 26 heavy (non-hydrogen) atoms. The van der Waals surface area contributed by atoms with E-state index >= 15 is 0 Å². The molecule has 136 valence electrons. The largest absolute Gasteiger partial charge is 0.493 e. The Balaban J connectivity index is 1.64. The van der Waals surface area contributed by atoms with Gasteiger partial charge in [-0.05, 0) is 31.5 Å². The van der Waals surface area contributed by atoms with E-state index in [9.17, 15) is 4.79 Å².